The molecule has 0 aromatic heterocycles. The lowest BCUT2D eigenvalue weighted by atomic mass is 9.81. The number of nitrogens with two attached hydrogens (primary N) is 2. The topological polar surface area (TPSA) is 81.1 Å². The maximum Gasteiger partial charge on any atom is 0.312 e. The van der Waals surface area contributed by atoms with Gasteiger partial charge in [0.05, 0.1) is 10.5 Å². The molecule has 5 heteroatoms. The Morgan fingerprint density at radius 2 is 1.77 bits per heavy atom. The zero-order chi connectivity index (χ0) is 9.90. The molecule has 1 fully saturated rings. The third-order valence-corrected chi connectivity index (χ3v) is 2.93. The average Bonchev–Trinajstić information content (AvgIpc) is 2.04. The first-order valence-electron chi connectivity index (χ1n) is 4.44. The molecule has 0 unspecified atom stereocenters. The van der Waals surface area contributed by atoms with Crippen LogP contribution in [0.25, 0.3) is 0 Å². The number of thiocarbonyl (C=S) groups is 1. The molecule has 1 rings (SSSR count). The van der Waals surface area contributed by atoms with Crippen molar-refractivity contribution in [1.29, 1.82) is 0 Å². The number of carbonyl (C=O) groups excluding carboxylic acids is 1. The van der Waals surface area contributed by atoms with E-state index in [0.29, 0.717) is 4.99 Å². The fourth-order valence-electron chi connectivity index (χ4n) is 1.82. The first-order chi connectivity index (χ1) is 6.07. The van der Waals surface area contributed by atoms with Crippen LogP contribution in [0.3, 0.4) is 0 Å². The number of hydrogen-bond acceptors (Lipinski definition) is 2. The van der Waals surface area contributed by atoms with E-state index in [1.54, 1.807) is 0 Å². The highest BCUT2D eigenvalue weighted by molar-refractivity contribution is 7.80. The van der Waals surface area contributed by atoms with E-state index in [2.05, 4.69) is 5.32 Å². The highest BCUT2D eigenvalue weighted by atomic mass is 32.1. The first-order valence-corrected chi connectivity index (χ1v) is 4.85. The van der Waals surface area contributed by atoms with Crippen LogP contribution in [0.2, 0.25) is 0 Å². The van der Waals surface area contributed by atoms with Crippen LogP contribution in [-0.4, -0.2) is 16.6 Å². The Morgan fingerprint density at radius 1 is 1.23 bits per heavy atom. The van der Waals surface area contributed by atoms with Crippen LogP contribution in [0, 0.1) is 0 Å². The minimum absolute atomic E-state index is 0.353. The van der Waals surface area contributed by atoms with Crippen molar-refractivity contribution in [2.24, 2.45) is 11.5 Å². The number of rotatable bonds is 2. The summed E-state index contributed by atoms with van der Waals surface area (Å²) in [6.45, 7) is 0. The van der Waals surface area contributed by atoms with Crippen LogP contribution in [0.5, 0.6) is 0 Å². The number of hydrogen-bond donors (Lipinski definition) is 3. The van der Waals surface area contributed by atoms with Gasteiger partial charge in [0, 0.05) is 0 Å². The van der Waals surface area contributed by atoms with Gasteiger partial charge >= 0.3 is 6.03 Å². The van der Waals surface area contributed by atoms with E-state index >= 15 is 0 Å². The Kier molecular flexibility index (Phi) is 3.08. The minimum Gasteiger partial charge on any atom is -0.391 e. The molecule has 0 spiro atoms. The van der Waals surface area contributed by atoms with E-state index in [9.17, 15) is 4.79 Å². The fraction of sp³-hybridized carbons (Fsp3) is 0.750. The van der Waals surface area contributed by atoms with Gasteiger partial charge in [-0.25, -0.2) is 4.79 Å². The van der Waals surface area contributed by atoms with Gasteiger partial charge in [-0.1, -0.05) is 31.5 Å². The van der Waals surface area contributed by atoms with E-state index < -0.39 is 11.6 Å². The lowest BCUT2D eigenvalue weighted by Gasteiger charge is -2.36. The number of primary amides is 1. The van der Waals surface area contributed by atoms with Crippen molar-refractivity contribution in [3.05, 3.63) is 0 Å². The molecular weight excluding hydrogens is 186 g/mol. The third kappa shape index (κ3) is 2.30. The predicted molar refractivity (Wildman–Crippen MR) is 55.3 cm³/mol. The molecule has 74 valence electrons. The van der Waals surface area contributed by atoms with E-state index in [-0.39, 0.29) is 0 Å². The SMILES string of the molecule is NC(=O)NC1(C(N)=S)CCCCC1. The van der Waals surface area contributed by atoms with Gasteiger partial charge in [-0.3, -0.25) is 0 Å². The molecule has 13 heavy (non-hydrogen) atoms. The number of nitrogens with one attached hydrogen (secondary N) is 1. The van der Waals surface area contributed by atoms with Crippen molar-refractivity contribution in [1.82, 2.24) is 5.32 Å². The maximum atomic E-state index is 10.8. The molecule has 1 saturated carbocycles. The summed E-state index contributed by atoms with van der Waals surface area (Å²) in [5.41, 5.74) is 10.2. The molecule has 0 bridgehead atoms. The number of amides is 2. The maximum absolute atomic E-state index is 10.8. The molecule has 0 aliphatic heterocycles. The van der Waals surface area contributed by atoms with Crippen LogP contribution in [0.15, 0.2) is 0 Å². The van der Waals surface area contributed by atoms with Gasteiger partial charge in [-0.2, -0.15) is 0 Å². The highest BCUT2D eigenvalue weighted by Gasteiger charge is 2.35. The summed E-state index contributed by atoms with van der Waals surface area (Å²) in [5, 5.41) is 2.67. The standard InChI is InChI=1S/C8H15N3OS/c9-6(13)8(11-7(10)12)4-2-1-3-5-8/h1-5H2,(H2,9,13)(H3,10,11,12). The van der Waals surface area contributed by atoms with Gasteiger partial charge in [-0.05, 0) is 12.8 Å². The van der Waals surface area contributed by atoms with Crippen LogP contribution in [-0.2, 0) is 0 Å². The molecule has 0 radical (unpaired) electrons. The van der Waals surface area contributed by atoms with Gasteiger partial charge in [-0.15, -0.1) is 0 Å². The fourth-order valence-corrected chi connectivity index (χ4v) is 2.08. The van der Waals surface area contributed by atoms with Gasteiger partial charge in [0.15, 0.2) is 0 Å². The van der Waals surface area contributed by atoms with Crippen LogP contribution < -0.4 is 16.8 Å². The summed E-state index contributed by atoms with van der Waals surface area (Å²) >= 11 is 4.95. The molecule has 0 aromatic rings. The summed E-state index contributed by atoms with van der Waals surface area (Å²) in [4.78, 5) is 11.1. The van der Waals surface area contributed by atoms with Crippen molar-refractivity contribution in [2.75, 3.05) is 0 Å². The number of carbonyl (C=O) groups is 1. The summed E-state index contributed by atoms with van der Waals surface area (Å²) in [5.74, 6) is 0. The molecular formula is C8H15N3OS. The van der Waals surface area contributed by atoms with E-state index in [0.717, 1.165) is 25.7 Å². The summed E-state index contributed by atoms with van der Waals surface area (Å²) in [6.07, 6.45) is 4.87. The number of urea groups is 1. The highest BCUT2D eigenvalue weighted by Crippen LogP contribution is 2.28. The molecule has 2 amide bonds. The third-order valence-electron chi connectivity index (χ3n) is 2.54. The van der Waals surface area contributed by atoms with Crippen molar-refractivity contribution in [2.45, 2.75) is 37.6 Å². The first kappa shape index (κ1) is 10.2. The molecule has 1 aliphatic carbocycles. The quantitative estimate of drug-likeness (QED) is 0.574. The van der Waals surface area contributed by atoms with E-state index in [4.69, 9.17) is 23.7 Å². The molecule has 0 aromatic carbocycles. The molecule has 0 saturated heterocycles. The molecule has 0 heterocycles. The Labute approximate surface area is 83.0 Å². The van der Waals surface area contributed by atoms with Crippen LogP contribution in [0.4, 0.5) is 4.79 Å². The van der Waals surface area contributed by atoms with Crippen LogP contribution in [0.1, 0.15) is 32.1 Å². The van der Waals surface area contributed by atoms with E-state index in [1.807, 2.05) is 0 Å². The minimum atomic E-state index is -0.547. The summed E-state index contributed by atoms with van der Waals surface area (Å²) in [6, 6.07) is -0.547. The normalized spacial score (nSPS) is 20.6. The smallest absolute Gasteiger partial charge is 0.312 e. The Morgan fingerprint density at radius 3 is 2.15 bits per heavy atom. The average molecular weight is 201 g/mol. The molecule has 0 atom stereocenters. The molecule has 1 aliphatic rings. The van der Waals surface area contributed by atoms with E-state index in [1.165, 1.54) is 6.42 Å². The molecule has 5 N–H and O–H groups in total. The lowest BCUT2D eigenvalue weighted by Crippen LogP contribution is -2.58. The zero-order valence-corrected chi connectivity index (χ0v) is 8.32. The van der Waals surface area contributed by atoms with Crippen molar-refractivity contribution in [3.63, 3.8) is 0 Å². The van der Waals surface area contributed by atoms with Gasteiger partial charge in [0.25, 0.3) is 0 Å². The summed E-state index contributed by atoms with van der Waals surface area (Å²) < 4.78 is 0. The second kappa shape index (κ2) is 3.91. The predicted octanol–water partition coefficient (Wildman–Crippen LogP) is 0.644. The van der Waals surface area contributed by atoms with Crippen LogP contribution >= 0.6 is 12.2 Å². The largest absolute Gasteiger partial charge is 0.391 e. The summed E-state index contributed by atoms with van der Waals surface area (Å²) in [7, 11) is 0. The monoisotopic (exact) mass is 201 g/mol. The Bertz CT molecular complexity index is 223. The van der Waals surface area contributed by atoms with Crippen molar-refractivity contribution >= 4 is 23.2 Å². The van der Waals surface area contributed by atoms with Gasteiger partial charge < -0.3 is 16.8 Å². The molecule has 4 nitrogen and oxygen atoms in total. The second-order valence-corrected chi connectivity index (χ2v) is 3.94. The van der Waals surface area contributed by atoms with Crippen molar-refractivity contribution in [3.8, 4) is 0 Å². The Balaban J connectivity index is 2.73. The van der Waals surface area contributed by atoms with Crippen molar-refractivity contribution < 1.29 is 4.79 Å². The zero-order valence-electron chi connectivity index (χ0n) is 7.51. The second-order valence-electron chi connectivity index (χ2n) is 3.50. The van der Waals surface area contributed by atoms with Gasteiger partial charge in [0.2, 0.25) is 0 Å². The van der Waals surface area contributed by atoms with Gasteiger partial charge in [0.1, 0.15) is 0 Å². The lowest BCUT2D eigenvalue weighted by molar-refractivity contribution is 0.233. The Hall–Kier alpha value is -0.840.